The van der Waals surface area contributed by atoms with Crippen LogP contribution in [0.15, 0.2) is 27.7 Å². The predicted octanol–water partition coefficient (Wildman–Crippen LogP) is 2.55. The highest BCUT2D eigenvalue weighted by molar-refractivity contribution is 9.11. The summed E-state index contributed by atoms with van der Waals surface area (Å²) in [6.07, 6.45) is 7.86. The predicted molar refractivity (Wildman–Crippen MR) is 91.3 cm³/mol. The van der Waals surface area contributed by atoms with Crippen LogP contribution in [-0.4, -0.2) is 41.5 Å². The van der Waals surface area contributed by atoms with Crippen molar-refractivity contribution in [3.05, 3.63) is 22.7 Å². The number of amides is 4. The van der Waals surface area contributed by atoms with E-state index in [-0.39, 0.29) is 18.4 Å². The van der Waals surface area contributed by atoms with Crippen LogP contribution in [0.2, 0.25) is 0 Å². The Morgan fingerprint density at radius 1 is 1.35 bits per heavy atom. The number of carbonyl (C=O) groups is 3. The lowest BCUT2D eigenvalue weighted by molar-refractivity contribution is -0.130. The summed E-state index contributed by atoms with van der Waals surface area (Å²) in [5.74, 6) is -0.860. The Balaban J connectivity index is 1.87. The fourth-order valence-corrected chi connectivity index (χ4v) is 2.80. The first kappa shape index (κ1) is 17.6. The number of rotatable bonds is 7. The Labute approximate surface area is 143 Å². The minimum atomic E-state index is -0.552. The van der Waals surface area contributed by atoms with Crippen LogP contribution in [0.3, 0.4) is 0 Å². The van der Waals surface area contributed by atoms with Gasteiger partial charge in [0.1, 0.15) is 5.92 Å². The molecular weight excluding hydrogens is 362 g/mol. The summed E-state index contributed by atoms with van der Waals surface area (Å²) >= 11 is 3.33. The van der Waals surface area contributed by atoms with E-state index in [0.717, 1.165) is 22.2 Å². The van der Waals surface area contributed by atoms with Gasteiger partial charge in [-0.25, -0.2) is 4.79 Å². The van der Waals surface area contributed by atoms with Crippen molar-refractivity contribution >= 4 is 39.5 Å². The molecule has 0 aromatic carbocycles. The zero-order valence-corrected chi connectivity index (χ0v) is 14.6. The number of unbranched alkanes of at least 4 members (excludes halogenated alkanes) is 1. The second-order valence-corrected chi connectivity index (χ2v) is 6.39. The Morgan fingerprint density at radius 2 is 2.13 bits per heavy atom. The van der Waals surface area contributed by atoms with Crippen molar-refractivity contribution in [1.82, 2.24) is 10.2 Å². The number of carbonyl (C=O) groups excluding carboxylic acids is 3. The molecule has 1 atom stereocenters. The number of imide groups is 1. The number of fused-ring (bicyclic) bond motifs is 1. The number of urea groups is 1. The van der Waals surface area contributed by atoms with Crippen molar-refractivity contribution in [1.29, 1.82) is 0 Å². The molecule has 7 heteroatoms. The van der Waals surface area contributed by atoms with Gasteiger partial charge in [0.15, 0.2) is 0 Å². The maximum atomic E-state index is 12.4. The highest BCUT2D eigenvalue weighted by Gasteiger charge is 2.36. The summed E-state index contributed by atoms with van der Waals surface area (Å²) in [5.41, 5.74) is 0.469. The van der Waals surface area contributed by atoms with E-state index < -0.39 is 11.9 Å². The summed E-state index contributed by atoms with van der Waals surface area (Å²) in [6, 6.07) is -0.552. The van der Waals surface area contributed by atoms with Crippen molar-refractivity contribution < 1.29 is 14.4 Å². The van der Waals surface area contributed by atoms with Gasteiger partial charge in [-0.1, -0.05) is 35.4 Å². The fourth-order valence-electron chi connectivity index (χ4n) is 2.40. The van der Waals surface area contributed by atoms with Crippen molar-refractivity contribution in [2.45, 2.75) is 32.6 Å². The molecule has 0 bridgehead atoms. The van der Waals surface area contributed by atoms with E-state index in [4.69, 9.17) is 0 Å². The summed E-state index contributed by atoms with van der Waals surface area (Å²) < 4.78 is 0.791. The van der Waals surface area contributed by atoms with Gasteiger partial charge in [0.2, 0.25) is 11.8 Å². The average molecular weight is 382 g/mol. The second-order valence-electron chi connectivity index (χ2n) is 5.48. The molecule has 2 rings (SSSR count). The molecule has 1 unspecified atom stereocenters. The van der Waals surface area contributed by atoms with E-state index in [1.54, 1.807) is 18.2 Å². The monoisotopic (exact) mass is 381 g/mol. The molecule has 0 spiro atoms. The van der Waals surface area contributed by atoms with E-state index >= 15 is 0 Å². The highest BCUT2D eigenvalue weighted by Crippen LogP contribution is 2.24. The van der Waals surface area contributed by atoms with Gasteiger partial charge in [-0.2, -0.15) is 4.99 Å². The first-order chi connectivity index (χ1) is 11.0. The van der Waals surface area contributed by atoms with Crippen LogP contribution < -0.4 is 5.32 Å². The molecule has 23 heavy (non-hydrogen) atoms. The van der Waals surface area contributed by atoms with Gasteiger partial charge in [-0.3, -0.25) is 14.5 Å². The fraction of sp³-hybridized carbons (Fsp3) is 0.500. The Morgan fingerprint density at radius 3 is 2.87 bits per heavy atom. The van der Waals surface area contributed by atoms with Gasteiger partial charge < -0.3 is 5.32 Å². The molecule has 0 fully saturated rings. The largest absolute Gasteiger partial charge is 0.356 e. The normalized spacial score (nSPS) is 20.1. The Hall–Kier alpha value is -1.76. The molecular formula is C16H20BrN3O3. The van der Waals surface area contributed by atoms with Crippen LogP contribution in [-0.2, 0) is 9.59 Å². The van der Waals surface area contributed by atoms with E-state index in [9.17, 15) is 14.4 Å². The summed E-state index contributed by atoms with van der Waals surface area (Å²) in [7, 11) is 0. The minimum absolute atomic E-state index is 0.0530. The lowest BCUT2D eigenvalue weighted by Gasteiger charge is -2.28. The molecule has 2 aliphatic rings. The number of aliphatic imine (C=N–C) groups is 1. The quantitative estimate of drug-likeness (QED) is 0.688. The highest BCUT2D eigenvalue weighted by atomic mass is 79.9. The summed E-state index contributed by atoms with van der Waals surface area (Å²) in [4.78, 5) is 41.1. The smallest absolute Gasteiger partial charge is 0.350 e. The maximum Gasteiger partial charge on any atom is 0.350 e. The van der Waals surface area contributed by atoms with Gasteiger partial charge in [0.05, 0.1) is 5.71 Å². The zero-order valence-electron chi connectivity index (χ0n) is 13.0. The molecule has 124 valence electrons. The van der Waals surface area contributed by atoms with Crippen LogP contribution in [0.25, 0.3) is 0 Å². The zero-order chi connectivity index (χ0) is 16.8. The number of hydrogen-bond donors (Lipinski definition) is 1. The first-order valence-electron chi connectivity index (χ1n) is 7.79. The third kappa shape index (κ3) is 4.60. The van der Waals surface area contributed by atoms with Gasteiger partial charge in [-0.15, -0.1) is 0 Å². The number of nitrogens with one attached hydrogen (secondary N) is 1. The van der Waals surface area contributed by atoms with Crippen LogP contribution in [0, 0.1) is 5.92 Å². The molecule has 6 nitrogen and oxygen atoms in total. The van der Waals surface area contributed by atoms with Crippen LogP contribution in [0.1, 0.15) is 32.6 Å². The number of allylic oxidation sites excluding steroid dienone is 3. The van der Waals surface area contributed by atoms with Crippen molar-refractivity contribution in [3.63, 3.8) is 0 Å². The SMILES string of the molecule is CCCCNC(=O)CCCN1C(=O)N=C2C=CC(Br)=CC2C1=O. The molecule has 0 radical (unpaired) electrons. The third-order valence-corrected chi connectivity index (χ3v) is 4.21. The first-order valence-corrected chi connectivity index (χ1v) is 8.58. The van der Waals surface area contributed by atoms with Gasteiger partial charge in [0, 0.05) is 24.0 Å². The molecule has 1 aliphatic carbocycles. The second kappa shape index (κ2) is 8.19. The third-order valence-electron chi connectivity index (χ3n) is 3.68. The van der Waals surface area contributed by atoms with E-state index in [1.165, 1.54) is 0 Å². The molecule has 1 N–H and O–H groups in total. The molecule has 0 saturated heterocycles. The molecule has 0 aromatic heterocycles. The van der Waals surface area contributed by atoms with E-state index in [1.807, 2.05) is 0 Å². The molecule has 1 aliphatic heterocycles. The van der Waals surface area contributed by atoms with Gasteiger partial charge >= 0.3 is 6.03 Å². The Bertz CT molecular complexity index is 595. The molecule has 0 saturated carbocycles. The van der Waals surface area contributed by atoms with Crippen LogP contribution in [0.5, 0.6) is 0 Å². The average Bonchev–Trinajstić information content (AvgIpc) is 2.52. The van der Waals surface area contributed by atoms with Crippen molar-refractivity contribution in [2.75, 3.05) is 13.1 Å². The topological polar surface area (TPSA) is 78.8 Å². The Kier molecular flexibility index (Phi) is 6.27. The van der Waals surface area contributed by atoms with Gasteiger partial charge in [-0.05, 0) is 25.0 Å². The minimum Gasteiger partial charge on any atom is -0.356 e. The standard InChI is InChI=1S/C16H20BrN3O3/c1-2-3-8-18-14(21)5-4-9-20-15(22)12-10-11(17)6-7-13(12)19-16(20)23/h6-7,10,12H,2-5,8-9H2,1H3,(H,18,21). The van der Waals surface area contributed by atoms with Crippen LogP contribution in [0.4, 0.5) is 4.79 Å². The number of nitrogens with zero attached hydrogens (tertiary/aromatic N) is 2. The summed E-state index contributed by atoms with van der Waals surface area (Å²) in [5, 5.41) is 2.82. The number of halogens is 1. The maximum absolute atomic E-state index is 12.4. The summed E-state index contributed by atoms with van der Waals surface area (Å²) in [6.45, 7) is 2.93. The number of hydrogen-bond acceptors (Lipinski definition) is 3. The molecule has 1 heterocycles. The van der Waals surface area contributed by atoms with Crippen molar-refractivity contribution in [3.8, 4) is 0 Å². The van der Waals surface area contributed by atoms with Crippen molar-refractivity contribution in [2.24, 2.45) is 10.9 Å². The molecule has 4 amide bonds. The van der Waals surface area contributed by atoms with Gasteiger partial charge in [0.25, 0.3) is 0 Å². The lowest BCUT2D eigenvalue weighted by atomic mass is 9.95. The lowest BCUT2D eigenvalue weighted by Crippen LogP contribution is -2.46. The van der Waals surface area contributed by atoms with E-state index in [2.05, 4.69) is 33.2 Å². The van der Waals surface area contributed by atoms with Crippen LogP contribution >= 0.6 is 15.9 Å². The van der Waals surface area contributed by atoms with E-state index in [0.29, 0.717) is 25.1 Å². The molecule has 0 aromatic rings.